The van der Waals surface area contributed by atoms with E-state index in [1.54, 1.807) is 0 Å². The molecule has 3 rings (SSSR count). The molecule has 2 heterocycles. The van der Waals surface area contributed by atoms with Gasteiger partial charge in [0.25, 0.3) is 0 Å². The van der Waals surface area contributed by atoms with E-state index in [1.165, 1.54) is 0 Å². The molecule has 0 radical (unpaired) electrons. The molecule has 2 aliphatic heterocycles. The van der Waals surface area contributed by atoms with Gasteiger partial charge in [-0.2, -0.15) is 0 Å². The number of carbonyl (C=O) groups excluding carboxylic acids is 2. The topological polar surface area (TPSA) is 76.7 Å². The van der Waals surface area contributed by atoms with Gasteiger partial charge in [-0.15, -0.1) is 0 Å². The molecule has 136 valence electrons. The fourth-order valence-corrected chi connectivity index (χ4v) is 4.01. The summed E-state index contributed by atoms with van der Waals surface area (Å²) >= 11 is 0. The first-order valence-corrected chi connectivity index (χ1v) is 9.48. The van der Waals surface area contributed by atoms with E-state index >= 15 is 0 Å². The molecule has 24 heavy (non-hydrogen) atoms. The molecule has 3 aliphatic rings. The Hall–Kier alpha value is -1.14. The van der Waals surface area contributed by atoms with Crippen LogP contribution in [0.1, 0.15) is 51.4 Å². The fourth-order valence-electron chi connectivity index (χ4n) is 4.01. The lowest BCUT2D eigenvalue weighted by atomic mass is 9.89. The van der Waals surface area contributed by atoms with Crippen molar-refractivity contribution in [1.29, 1.82) is 0 Å². The Morgan fingerprint density at radius 1 is 0.667 bits per heavy atom. The van der Waals surface area contributed by atoms with Gasteiger partial charge in [0.15, 0.2) is 0 Å². The normalized spacial score (nSPS) is 29.8. The summed E-state index contributed by atoms with van der Waals surface area (Å²) < 4.78 is 10.6. The zero-order valence-corrected chi connectivity index (χ0v) is 14.4. The highest BCUT2D eigenvalue weighted by Crippen LogP contribution is 2.22. The van der Waals surface area contributed by atoms with E-state index in [1.807, 2.05) is 0 Å². The third kappa shape index (κ3) is 4.93. The largest absolute Gasteiger partial charge is 0.381 e. The Bertz CT molecular complexity index is 393. The van der Waals surface area contributed by atoms with Crippen molar-refractivity contribution in [2.24, 2.45) is 11.8 Å². The van der Waals surface area contributed by atoms with Crippen LogP contribution in [0.3, 0.4) is 0 Å². The molecule has 2 atom stereocenters. The van der Waals surface area contributed by atoms with Crippen LogP contribution in [0.25, 0.3) is 0 Å². The van der Waals surface area contributed by atoms with Crippen molar-refractivity contribution in [3.63, 3.8) is 0 Å². The predicted octanol–water partition coefficient (Wildman–Crippen LogP) is 1.38. The zero-order valence-electron chi connectivity index (χ0n) is 14.4. The Morgan fingerprint density at radius 3 is 1.50 bits per heavy atom. The molecule has 3 fully saturated rings. The summed E-state index contributed by atoms with van der Waals surface area (Å²) in [5.74, 6) is 0.520. The molecule has 2 N–H and O–H groups in total. The molecule has 6 heteroatoms. The molecule has 0 aromatic carbocycles. The van der Waals surface area contributed by atoms with Crippen molar-refractivity contribution in [1.82, 2.24) is 10.6 Å². The third-order valence-electron chi connectivity index (χ3n) is 5.55. The number of nitrogens with one attached hydrogen (secondary N) is 2. The first-order valence-electron chi connectivity index (χ1n) is 9.48. The molecule has 1 saturated carbocycles. The number of rotatable bonds is 4. The second-order valence-electron chi connectivity index (χ2n) is 7.35. The van der Waals surface area contributed by atoms with Crippen LogP contribution in [0.4, 0.5) is 0 Å². The minimum atomic E-state index is 0.0935. The number of carbonyl (C=O) groups is 2. The SMILES string of the molecule is O=C(NC1CCCC(NC(=O)C2CCOCC2)C1)C1CCOCC1. The Balaban J connectivity index is 1.43. The highest BCUT2D eigenvalue weighted by atomic mass is 16.5. The van der Waals surface area contributed by atoms with E-state index in [9.17, 15) is 9.59 Å². The van der Waals surface area contributed by atoms with Crippen molar-refractivity contribution in [2.45, 2.75) is 63.5 Å². The zero-order chi connectivity index (χ0) is 16.8. The van der Waals surface area contributed by atoms with Crippen LogP contribution in [0.5, 0.6) is 0 Å². The Morgan fingerprint density at radius 2 is 1.08 bits per heavy atom. The summed E-state index contributed by atoms with van der Waals surface area (Å²) in [5.41, 5.74) is 0. The first-order chi connectivity index (χ1) is 11.7. The van der Waals surface area contributed by atoms with Crippen LogP contribution < -0.4 is 10.6 Å². The Kier molecular flexibility index (Phi) is 6.49. The van der Waals surface area contributed by atoms with Crippen molar-refractivity contribution in [2.75, 3.05) is 26.4 Å². The molecule has 1 aliphatic carbocycles. The van der Waals surface area contributed by atoms with Gasteiger partial charge in [-0.25, -0.2) is 0 Å². The molecule has 2 saturated heterocycles. The molecule has 2 unspecified atom stereocenters. The maximum Gasteiger partial charge on any atom is 0.223 e. The van der Waals surface area contributed by atoms with Crippen molar-refractivity contribution in [3.05, 3.63) is 0 Å². The van der Waals surface area contributed by atoms with Gasteiger partial charge < -0.3 is 20.1 Å². The van der Waals surface area contributed by atoms with Gasteiger partial charge in [0.05, 0.1) is 0 Å². The first kappa shape index (κ1) is 17.7. The smallest absolute Gasteiger partial charge is 0.223 e. The van der Waals surface area contributed by atoms with Crippen LogP contribution in [0, 0.1) is 11.8 Å². The number of hydrogen-bond donors (Lipinski definition) is 2. The van der Waals surface area contributed by atoms with Gasteiger partial charge >= 0.3 is 0 Å². The Labute approximate surface area is 144 Å². The van der Waals surface area contributed by atoms with E-state index < -0.39 is 0 Å². The minimum Gasteiger partial charge on any atom is -0.381 e. The lowest BCUT2D eigenvalue weighted by Crippen LogP contribution is -2.49. The van der Waals surface area contributed by atoms with Crippen LogP contribution >= 0.6 is 0 Å². The second-order valence-corrected chi connectivity index (χ2v) is 7.35. The van der Waals surface area contributed by atoms with E-state index in [4.69, 9.17) is 9.47 Å². The van der Waals surface area contributed by atoms with E-state index in [-0.39, 0.29) is 35.7 Å². The quantitative estimate of drug-likeness (QED) is 0.812. The standard InChI is InChI=1S/C18H30N2O4/c21-17(13-4-8-23-9-5-13)19-15-2-1-3-16(12-15)20-18(22)14-6-10-24-11-7-14/h13-16H,1-12H2,(H,19,21)(H,20,22). The lowest BCUT2D eigenvalue weighted by molar-refractivity contribution is -0.129. The summed E-state index contributed by atoms with van der Waals surface area (Å²) in [6.07, 6.45) is 7.22. The molecule has 0 spiro atoms. The lowest BCUT2D eigenvalue weighted by Gasteiger charge is -2.33. The number of ether oxygens (including phenoxy) is 2. The van der Waals surface area contributed by atoms with Crippen LogP contribution in [0.2, 0.25) is 0 Å². The monoisotopic (exact) mass is 338 g/mol. The maximum absolute atomic E-state index is 12.4. The van der Waals surface area contributed by atoms with Gasteiger partial charge in [-0.05, 0) is 51.4 Å². The number of hydrogen-bond acceptors (Lipinski definition) is 4. The highest BCUT2D eigenvalue weighted by molar-refractivity contribution is 5.79. The summed E-state index contributed by atoms with van der Waals surface area (Å²) in [5, 5.41) is 6.41. The summed E-state index contributed by atoms with van der Waals surface area (Å²) in [7, 11) is 0. The van der Waals surface area contributed by atoms with Crippen LogP contribution in [-0.4, -0.2) is 50.3 Å². The molecule has 0 bridgehead atoms. The summed E-state index contributed by atoms with van der Waals surface area (Å²) in [6, 6.07) is 0.378. The third-order valence-corrected chi connectivity index (χ3v) is 5.55. The summed E-state index contributed by atoms with van der Waals surface area (Å²) in [6.45, 7) is 2.75. The molecule has 2 amide bonds. The second kappa shape index (κ2) is 8.81. The molecule has 0 aromatic rings. The molecule has 6 nitrogen and oxygen atoms in total. The molecule has 0 aromatic heterocycles. The fraction of sp³-hybridized carbons (Fsp3) is 0.889. The van der Waals surface area contributed by atoms with Gasteiger partial charge in [0, 0.05) is 50.3 Å². The molecular weight excluding hydrogens is 308 g/mol. The van der Waals surface area contributed by atoms with Crippen molar-refractivity contribution >= 4 is 11.8 Å². The highest BCUT2D eigenvalue weighted by Gasteiger charge is 2.29. The predicted molar refractivity (Wildman–Crippen MR) is 89.4 cm³/mol. The average molecular weight is 338 g/mol. The van der Waals surface area contributed by atoms with Crippen molar-refractivity contribution in [3.8, 4) is 0 Å². The van der Waals surface area contributed by atoms with E-state index in [2.05, 4.69) is 10.6 Å². The average Bonchev–Trinajstić information content (AvgIpc) is 2.63. The van der Waals surface area contributed by atoms with E-state index in [0.717, 1.165) is 51.4 Å². The van der Waals surface area contributed by atoms with E-state index in [0.29, 0.717) is 26.4 Å². The number of amides is 2. The van der Waals surface area contributed by atoms with Gasteiger partial charge in [0.2, 0.25) is 11.8 Å². The maximum atomic E-state index is 12.4. The summed E-state index contributed by atoms with van der Waals surface area (Å²) in [4.78, 5) is 24.7. The van der Waals surface area contributed by atoms with Crippen molar-refractivity contribution < 1.29 is 19.1 Å². The van der Waals surface area contributed by atoms with Gasteiger partial charge in [-0.1, -0.05) is 0 Å². The van der Waals surface area contributed by atoms with Gasteiger partial charge in [0.1, 0.15) is 0 Å². The van der Waals surface area contributed by atoms with Crippen LogP contribution in [-0.2, 0) is 19.1 Å². The molecular formula is C18H30N2O4. The minimum absolute atomic E-state index is 0.0935. The van der Waals surface area contributed by atoms with Gasteiger partial charge in [-0.3, -0.25) is 9.59 Å². The van der Waals surface area contributed by atoms with Crippen LogP contribution in [0.15, 0.2) is 0 Å².